The van der Waals surface area contributed by atoms with E-state index in [-0.39, 0.29) is 29.8 Å². The SMILES string of the molecule is CC(=O)NC(CC(=O)N1CCCC(N)C1)c1ccc(F)cc1F. The number of hydrogen-bond acceptors (Lipinski definition) is 3. The second-order valence-corrected chi connectivity index (χ2v) is 5.87. The van der Waals surface area contributed by atoms with E-state index in [1.165, 1.54) is 13.0 Å². The summed E-state index contributed by atoms with van der Waals surface area (Å²) in [5.41, 5.74) is 5.95. The van der Waals surface area contributed by atoms with Crippen molar-refractivity contribution < 1.29 is 18.4 Å². The topological polar surface area (TPSA) is 75.4 Å². The Balaban J connectivity index is 2.15. The van der Waals surface area contributed by atoms with Crippen molar-refractivity contribution in [3.8, 4) is 0 Å². The molecule has 2 amide bonds. The third kappa shape index (κ3) is 4.72. The Kier molecular flexibility index (Phi) is 5.65. The van der Waals surface area contributed by atoms with Crippen LogP contribution in [0.3, 0.4) is 0 Å². The molecular formula is C16H21F2N3O2. The Labute approximate surface area is 133 Å². The van der Waals surface area contributed by atoms with Crippen LogP contribution < -0.4 is 11.1 Å². The lowest BCUT2D eigenvalue weighted by atomic mass is 10.0. The molecule has 2 unspecified atom stereocenters. The van der Waals surface area contributed by atoms with Gasteiger partial charge in [0.05, 0.1) is 12.5 Å². The van der Waals surface area contributed by atoms with E-state index in [4.69, 9.17) is 5.73 Å². The number of nitrogens with one attached hydrogen (secondary N) is 1. The molecule has 1 aromatic carbocycles. The molecule has 1 fully saturated rings. The fraction of sp³-hybridized carbons (Fsp3) is 0.500. The van der Waals surface area contributed by atoms with Gasteiger partial charge in [-0.3, -0.25) is 9.59 Å². The zero-order valence-corrected chi connectivity index (χ0v) is 13.0. The summed E-state index contributed by atoms with van der Waals surface area (Å²) in [7, 11) is 0. The van der Waals surface area contributed by atoms with Gasteiger partial charge >= 0.3 is 0 Å². The number of carbonyl (C=O) groups excluding carboxylic acids is 2. The molecule has 0 aliphatic carbocycles. The molecule has 0 aromatic heterocycles. The van der Waals surface area contributed by atoms with Crippen LogP contribution in [0.25, 0.3) is 0 Å². The molecule has 2 rings (SSSR count). The summed E-state index contributed by atoms with van der Waals surface area (Å²) < 4.78 is 27.0. The second kappa shape index (κ2) is 7.50. The molecular weight excluding hydrogens is 304 g/mol. The first-order valence-electron chi connectivity index (χ1n) is 7.62. The summed E-state index contributed by atoms with van der Waals surface area (Å²) in [6.07, 6.45) is 1.60. The number of likely N-dealkylation sites (tertiary alicyclic amines) is 1. The van der Waals surface area contributed by atoms with Crippen molar-refractivity contribution >= 4 is 11.8 Å². The van der Waals surface area contributed by atoms with E-state index < -0.39 is 17.7 Å². The van der Waals surface area contributed by atoms with Crippen LogP contribution in [0.1, 0.15) is 37.8 Å². The third-order valence-electron chi connectivity index (χ3n) is 3.90. The zero-order valence-electron chi connectivity index (χ0n) is 13.0. The van der Waals surface area contributed by atoms with E-state index in [0.717, 1.165) is 25.0 Å². The highest BCUT2D eigenvalue weighted by Gasteiger charge is 2.26. The van der Waals surface area contributed by atoms with Crippen LogP contribution in [-0.2, 0) is 9.59 Å². The highest BCUT2D eigenvalue weighted by Crippen LogP contribution is 2.23. The van der Waals surface area contributed by atoms with Crippen LogP contribution >= 0.6 is 0 Å². The van der Waals surface area contributed by atoms with Crippen LogP contribution in [-0.4, -0.2) is 35.8 Å². The first kappa shape index (κ1) is 17.3. The predicted octanol–water partition coefficient (Wildman–Crippen LogP) is 1.48. The molecule has 0 bridgehead atoms. The Morgan fingerprint density at radius 2 is 2.17 bits per heavy atom. The Hall–Kier alpha value is -2.02. The lowest BCUT2D eigenvalue weighted by Gasteiger charge is -2.32. The molecule has 126 valence electrons. The minimum absolute atomic E-state index is 0.0607. The first-order valence-corrected chi connectivity index (χ1v) is 7.62. The van der Waals surface area contributed by atoms with E-state index in [0.29, 0.717) is 13.1 Å². The quantitative estimate of drug-likeness (QED) is 0.880. The summed E-state index contributed by atoms with van der Waals surface area (Å²) in [5.74, 6) is -2.09. The maximum absolute atomic E-state index is 14.0. The lowest BCUT2D eigenvalue weighted by Crippen LogP contribution is -2.46. The summed E-state index contributed by atoms with van der Waals surface area (Å²) in [5, 5.41) is 2.56. The van der Waals surface area contributed by atoms with Crippen LogP contribution in [0.15, 0.2) is 18.2 Å². The Bertz CT molecular complexity index is 595. The molecule has 2 atom stereocenters. The van der Waals surface area contributed by atoms with Crippen molar-refractivity contribution in [2.45, 2.75) is 38.3 Å². The summed E-state index contributed by atoms with van der Waals surface area (Å²) in [6.45, 7) is 2.35. The minimum atomic E-state index is -0.834. The van der Waals surface area contributed by atoms with E-state index in [9.17, 15) is 18.4 Å². The number of carbonyl (C=O) groups is 2. The summed E-state index contributed by atoms with van der Waals surface area (Å²) >= 11 is 0. The van der Waals surface area contributed by atoms with Gasteiger partial charge in [0.1, 0.15) is 11.6 Å². The number of rotatable bonds is 4. The maximum Gasteiger partial charge on any atom is 0.225 e. The number of halogens is 2. The lowest BCUT2D eigenvalue weighted by molar-refractivity contribution is -0.133. The molecule has 1 saturated heterocycles. The molecule has 1 heterocycles. The number of nitrogens with two attached hydrogens (primary N) is 1. The van der Waals surface area contributed by atoms with E-state index in [1.807, 2.05) is 0 Å². The number of benzene rings is 1. The van der Waals surface area contributed by atoms with Gasteiger partial charge in [-0.2, -0.15) is 0 Å². The van der Waals surface area contributed by atoms with Gasteiger partial charge in [-0.05, 0) is 18.9 Å². The van der Waals surface area contributed by atoms with E-state index >= 15 is 0 Å². The Morgan fingerprint density at radius 3 is 2.78 bits per heavy atom. The molecule has 0 spiro atoms. The van der Waals surface area contributed by atoms with Crippen molar-refractivity contribution in [2.75, 3.05) is 13.1 Å². The standard InChI is InChI=1S/C16H21F2N3O2/c1-10(22)20-15(13-5-4-11(17)7-14(13)18)8-16(23)21-6-2-3-12(19)9-21/h4-5,7,12,15H,2-3,6,8-9,19H2,1H3,(H,20,22). The third-order valence-corrected chi connectivity index (χ3v) is 3.90. The molecule has 23 heavy (non-hydrogen) atoms. The fourth-order valence-corrected chi connectivity index (χ4v) is 2.81. The predicted molar refractivity (Wildman–Crippen MR) is 81.3 cm³/mol. The Morgan fingerprint density at radius 1 is 1.43 bits per heavy atom. The molecule has 1 aromatic rings. The van der Waals surface area contributed by atoms with Crippen molar-refractivity contribution in [3.05, 3.63) is 35.4 Å². The van der Waals surface area contributed by atoms with Gasteiger partial charge in [-0.1, -0.05) is 6.07 Å². The zero-order chi connectivity index (χ0) is 17.0. The minimum Gasteiger partial charge on any atom is -0.349 e. The second-order valence-electron chi connectivity index (χ2n) is 5.87. The molecule has 0 radical (unpaired) electrons. The van der Waals surface area contributed by atoms with Gasteiger partial charge in [0.15, 0.2) is 0 Å². The number of amides is 2. The van der Waals surface area contributed by atoms with Crippen LogP contribution in [0.5, 0.6) is 0 Å². The van der Waals surface area contributed by atoms with Crippen molar-refractivity contribution in [1.82, 2.24) is 10.2 Å². The van der Waals surface area contributed by atoms with Crippen LogP contribution in [0.4, 0.5) is 8.78 Å². The monoisotopic (exact) mass is 325 g/mol. The number of nitrogens with zero attached hydrogens (tertiary/aromatic N) is 1. The smallest absolute Gasteiger partial charge is 0.225 e. The first-order chi connectivity index (χ1) is 10.9. The number of hydrogen-bond donors (Lipinski definition) is 2. The summed E-state index contributed by atoms with van der Waals surface area (Å²) in [6, 6.07) is 2.20. The van der Waals surface area contributed by atoms with Gasteiger partial charge in [-0.15, -0.1) is 0 Å². The van der Waals surface area contributed by atoms with Gasteiger partial charge < -0.3 is 16.0 Å². The normalized spacial score (nSPS) is 19.3. The van der Waals surface area contributed by atoms with Gasteiger partial charge in [-0.25, -0.2) is 8.78 Å². The molecule has 7 heteroatoms. The fourth-order valence-electron chi connectivity index (χ4n) is 2.81. The molecule has 3 N–H and O–H groups in total. The van der Waals surface area contributed by atoms with Crippen molar-refractivity contribution in [3.63, 3.8) is 0 Å². The van der Waals surface area contributed by atoms with Crippen molar-refractivity contribution in [1.29, 1.82) is 0 Å². The summed E-state index contributed by atoms with van der Waals surface area (Å²) in [4.78, 5) is 25.4. The largest absolute Gasteiger partial charge is 0.349 e. The molecule has 5 nitrogen and oxygen atoms in total. The average Bonchev–Trinajstić information content (AvgIpc) is 2.46. The maximum atomic E-state index is 14.0. The molecule has 0 saturated carbocycles. The van der Waals surface area contributed by atoms with Crippen molar-refractivity contribution in [2.24, 2.45) is 5.73 Å². The van der Waals surface area contributed by atoms with Gasteiger partial charge in [0.2, 0.25) is 11.8 Å². The van der Waals surface area contributed by atoms with E-state index in [2.05, 4.69) is 5.32 Å². The highest BCUT2D eigenvalue weighted by atomic mass is 19.1. The average molecular weight is 325 g/mol. The molecule has 1 aliphatic rings. The number of piperidine rings is 1. The van der Waals surface area contributed by atoms with E-state index in [1.54, 1.807) is 4.90 Å². The van der Waals surface area contributed by atoms with Crippen LogP contribution in [0.2, 0.25) is 0 Å². The van der Waals surface area contributed by atoms with Gasteiger partial charge in [0.25, 0.3) is 0 Å². The highest BCUT2D eigenvalue weighted by molar-refractivity contribution is 5.79. The van der Waals surface area contributed by atoms with Crippen LogP contribution in [0, 0.1) is 11.6 Å². The molecule has 1 aliphatic heterocycles. The van der Waals surface area contributed by atoms with Gasteiger partial charge in [0, 0.05) is 37.7 Å².